The summed E-state index contributed by atoms with van der Waals surface area (Å²) < 4.78 is 5.26. The molecule has 0 unspecified atom stereocenters. The van der Waals surface area contributed by atoms with E-state index in [1.54, 1.807) is 43.5 Å². The Labute approximate surface area is 226 Å². The van der Waals surface area contributed by atoms with Gasteiger partial charge in [-0.15, -0.1) is 0 Å². The summed E-state index contributed by atoms with van der Waals surface area (Å²) in [7, 11) is 3.63. The minimum Gasteiger partial charge on any atom is -0.497 e. The van der Waals surface area contributed by atoms with Crippen LogP contribution in [-0.2, 0) is 11.2 Å². The van der Waals surface area contributed by atoms with Crippen LogP contribution in [0.4, 0.5) is 4.79 Å². The lowest BCUT2D eigenvalue weighted by Crippen LogP contribution is -2.56. The molecule has 0 saturated carbocycles. The fraction of sp³-hybridized carbons (Fsp3) is 0.357. The number of nitrogens with zero attached hydrogens (tertiary/aromatic N) is 4. The lowest BCUT2D eigenvalue weighted by atomic mass is 9.94. The summed E-state index contributed by atoms with van der Waals surface area (Å²) in [6, 6.07) is 11.7. The minimum absolute atomic E-state index is 0.0926. The van der Waals surface area contributed by atoms with Crippen LogP contribution >= 0.6 is 0 Å². The number of imide groups is 1. The van der Waals surface area contributed by atoms with Crippen molar-refractivity contribution < 1.29 is 24.3 Å². The predicted molar refractivity (Wildman–Crippen MR) is 143 cm³/mol. The molecule has 0 bridgehead atoms. The molecule has 0 aromatic heterocycles. The maximum absolute atomic E-state index is 13.2. The van der Waals surface area contributed by atoms with Crippen LogP contribution in [-0.4, -0.2) is 103 Å². The fourth-order valence-corrected chi connectivity index (χ4v) is 5.01. The van der Waals surface area contributed by atoms with Gasteiger partial charge in [-0.05, 0) is 61.5 Å². The van der Waals surface area contributed by atoms with E-state index in [9.17, 15) is 19.6 Å². The van der Waals surface area contributed by atoms with E-state index in [1.807, 2.05) is 11.0 Å². The van der Waals surface area contributed by atoms with E-state index in [4.69, 9.17) is 4.74 Å². The third kappa shape index (κ3) is 5.24. The fourth-order valence-electron chi connectivity index (χ4n) is 5.01. The number of carbonyl (C=O) groups is 3. The second-order valence-electron chi connectivity index (χ2n) is 9.85. The summed E-state index contributed by atoms with van der Waals surface area (Å²) >= 11 is 0. The largest absolute Gasteiger partial charge is 0.497 e. The van der Waals surface area contributed by atoms with Crippen molar-refractivity contribution in [1.82, 2.24) is 25.3 Å². The van der Waals surface area contributed by atoms with Crippen molar-refractivity contribution in [2.75, 3.05) is 53.4 Å². The van der Waals surface area contributed by atoms with Gasteiger partial charge in [0.15, 0.2) is 5.84 Å². The van der Waals surface area contributed by atoms with Gasteiger partial charge in [-0.25, -0.2) is 4.79 Å². The van der Waals surface area contributed by atoms with Crippen LogP contribution in [0.3, 0.4) is 0 Å². The zero-order valence-electron chi connectivity index (χ0n) is 21.9. The van der Waals surface area contributed by atoms with Gasteiger partial charge in [0.05, 0.1) is 13.7 Å². The maximum Gasteiger partial charge on any atom is 0.323 e. The summed E-state index contributed by atoms with van der Waals surface area (Å²) in [4.78, 5) is 44.1. The zero-order valence-corrected chi connectivity index (χ0v) is 21.9. The van der Waals surface area contributed by atoms with Crippen LogP contribution in [0, 0.1) is 11.8 Å². The van der Waals surface area contributed by atoms with Gasteiger partial charge in [0, 0.05) is 49.4 Å². The van der Waals surface area contributed by atoms with Gasteiger partial charge in [-0.2, -0.15) is 0 Å². The molecule has 39 heavy (non-hydrogen) atoms. The van der Waals surface area contributed by atoms with Crippen molar-refractivity contribution in [2.24, 2.45) is 5.16 Å². The molecule has 2 saturated heterocycles. The van der Waals surface area contributed by atoms with Crippen LogP contribution in [0.15, 0.2) is 47.6 Å². The molecule has 2 fully saturated rings. The average molecular weight is 531 g/mol. The molecule has 2 aromatic rings. The summed E-state index contributed by atoms with van der Waals surface area (Å²) in [5.74, 6) is 6.23. The number of hydrogen-bond acceptors (Lipinski definition) is 7. The van der Waals surface area contributed by atoms with Gasteiger partial charge < -0.3 is 30.0 Å². The number of benzene rings is 2. The topological polar surface area (TPSA) is 127 Å². The highest BCUT2D eigenvalue weighted by molar-refractivity contribution is 6.10. The number of amides is 4. The number of carbonyl (C=O) groups excluding carboxylic acids is 3. The number of urea groups is 1. The predicted octanol–water partition coefficient (Wildman–Crippen LogP) is 0.707. The Morgan fingerprint density at radius 3 is 2.46 bits per heavy atom. The van der Waals surface area contributed by atoms with Gasteiger partial charge in [0.1, 0.15) is 5.75 Å². The first-order valence-electron chi connectivity index (χ1n) is 12.7. The van der Waals surface area contributed by atoms with Gasteiger partial charge in [0.2, 0.25) is 5.54 Å². The van der Waals surface area contributed by atoms with E-state index >= 15 is 0 Å². The van der Waals surface area contributed by atoms with Gasteiger partial charge >= 0.3 is 6.03 Å². The molecular formula is C28H30N6O5. The molecule has 2 aromatic carbocycles. The minimum atomic E-state index is -1.59. The van der Waals surface area contributed by atoms with Crippen LogP contribution < -0.4 is 15.4 Å². The second-order valence-corrected chi connectivity index (χ2v) is 9.85. The summed E-state index contributed by atoms with van der Waals surface area (Å²) in [5.41, 5.74) is 1.16. The Kier molecular flexibility index (Phi) is 7.13. The van der Waals surface area contributed by atoms with E-state index in [1.165, 1.54) is 4.90 Å². The molecule has 11 nitrogen and oxygen atoms in total. The number of oxime groups is 1. The van der Waals surface area contributed by atoms with E-state index in [2.05, 4.69) is 39.6 Å². The Morgan fingerprint density at radius 1 is 1.08 bits per heavy atom. The standard InChI is InChI=1S/C28H30N6O5/c1-32-13-15-33(16-14-32)24(31-38)20-5-3-19(4-6-20)9-11-28(26(36)29-27(37)30-28)18-34-12-10-21-17-22(39-2)7-8-23(21)25(34)35/h3-8,17,38H,10,12-16,18H2,1-2H3,(H2,29,30,36,37)/b31-24+/t28-/m1/s1. The molecule has 11 heteroatoms. The number of fused-ring (bicyclic) bond motifs is 1. The normalized spacial score (nSPS) is 21.6. The number of likely N-dealkylation sites (N-methyl/N-ethyl adjacent to an activating group) is 1. The Balaban J connectivity index is 1.36. The molecule has 0 aliphatic carbocycles. The summed E-state index contributed by atoms with van der Waals surface area (Å²) in [5, 5.41) is 18.1. The van der Waals surface area contributed by atoms with Crippen molar-refractivity contribution >= 4 is 23.7 Å². The van der Waals surface area contributed by atoms with Crippen molar-refractivity contribution in [3.63, 3.8) is 0 Å². The van der Waals surface area contributed by atoms with E-state index in [0.717, 1.165) is 37.3 Å². The van der Waals surface area contributed by atoms with Crippen LogP contribution in [0.1, 0.15) is 27.0 Å². The SMILES string of the molecule is COc1ccc2c(c1)CCN(C[C@@]1(C#Cc3ccc(/C(=N\O)N4CCN(C)CC4)cc3)NC(=O)NC1=O)C2=O. The number of ether oxygens (including phenoxy) is 1. The number of methoxy groups -OCH3 is 1. The first kappa shape index (κ1) is 26.1. The van der Waals surface area contributed by atoms with Gasteiger partial charge in [0.25, 0.3) is 11.8 Å². The zero-order chi connectivity index (χ0) is 27.6. The molecule has 0 radical (unpaired) electrons. The lowest BCUT2D eigenvalue weighted by Gasteiger charge is -2.34. The molecule has 5 rings (SSSR count). The van der Waals surface area contributed by atoms with Crippen molar-refractivity contribution in [3.05, 3.63) is 64.7 Å². The van der Waals surface area contributed by atoms with Gasteiger partial charge in [-0.3, -0.25) is 14.9 Å². The monoisotopic (exact) mass is 530 g/mol. The first-order chi connectivity index (χ1) is 18.8. The Bertz CT molecular complexity index is 1390. The van der Waals surface area contributed by atoms with Gasteiger partial charge in [-0.1, -0.05) is 17.0 Å². The highest BCUT2D eigenvalue weighted by Crippen LogP contribution is 2.25. The number of rotatable bonds is 4. The van der Waals surface area contributed by atoms with Crippen molar-refractivity contribution in [3.8, 4) is 17.6 Å². The molecule has 3 aliphatic heterocycles. The highest BCUT2D eigenvalue weighted by atomic mass is 16.5. The van der Waals surface area contributed by atoms with E-state index in [-0.39, 0.29) is 12.5 Å². The Hall–Kier alpha value is -4.56. The Morgan fingerprint density at radius 2 is 1.82 bits per heavy atom. The van der Waals surface area contributed by atoms with Crippen molar-refractivity contribution in [2.45, 2.75) is 12.0 Å². The number of nitrogens with one attached hydrogen (secondary N) is 2. The smallest absolute Gasteiger partial charge is 0.323 e. The van der Waals surface area contributed by atoms with Crippen LogP contribution in [0.25, 0.3) is 0 Å². The van der Waals surface area contributed by atoms with E-state index < -0.39 is 17.5 Å². The molecule has 1 atom stereocenters. The summed E-state index contributed by atoms with van der Waals surface area (Å²) in [6.45, 7) is 3.53. The van der Waals surface area contributed by atoms with Crippen LogP contribution in [0.2, 0.25) is 0 Å². The molecular weight excluding hydrogens is 500 g/mol. The third-order valence-corrected chi connectivity index (χ3v) is 7.31. The lowest BCUT2D eigenvalue weighted by molar-refractivity contribution is -0.122. The molecule has 3 aliphatic rings. The molecule has 4 amide bonds. The number of amidine groups is 1. The number of hydrogen-bond donors (Lipinski definition) is 3. The molecule has 3 heterocycles. The third-order valence-electron chi connectivity index (χ3n) is 7.31. The summed E-state index contributed by atoms with van der Waals surface area (Å²) in [6.07, 6.45) is 0.584. The van der Waals surface area contributed by atoms with E-state index in [0.29, 0.717) is 35.7 Å². The average Bonchev–Trinajstić information content (AvgIpc) is 3.23. The van der Waals surface area contributed by atoms with Crippen molar-refractivity contribution in [1.29, 1.82) is 0 Å². The molecule has 3 N–H and O–H groups in total. The highest BCUT2D eigenvalue weighted by Gasteiger charge is 2.47. The molecule has 202 valence electrons. The maximum atomic E-state index is 13.2. The second kappa shape index (κ2) is 10.7. The number of piperazine rings is 1. The first-order valence-corrected chi connectivity index (χ1v) is 12.7. The van der Waals surface area contributed by atoms with Crippen LogP contribution in [0.5, 0.6) is 5.75 Å². The quantitative estimate of drug-likeness (QED) is 0.133. The molecule has 0 spiro atoms.